The van der Waals surface area contributed by atoms with Crippen LogP contribution < -0.4 is 5.84 Å². The highest BCUT2D eigenvalue weighted by molar-refractivity contribution is 5.11. The molecule has 0 fully saturated rings. The summed E-state index contributed by atoms with van der Waals surface area (Å²) in [5.41, 5.74) is 2.08. The van der Waals surface area contributed by atoms with Crippen LogP contribution in [0.1, 0.15) is 11.4 Å². The zero-order chi connectivity index (χ0) is 9.97. The Bertz CT molecular complexity index is 304. The van der Waals surface area contributed by atoms with E-state index in [0.29, 0.717) is 0 Å². The molecule has 0 spiro atoms. The third-order valence-electron chi connectivity index (χ3n) is 2.50. The molecule has 1 aromatic heterocycles. The molecule has 0 aromatic carbocycles. The Balaban J connectivity index is 2.07. The van der Waals surface area contributed by atoms with Crippen molar-refractivity contribution in [3.8, 4) is 0 Å². The average molecular weight is 193 g/mol. The Kier molecular flexibility index (Phi) is 2.49. The Morgan fingerprint density at radius 3 is 2.36 bits per heavy atom. The average Bonchev–Trinajstić information content (AvgIpc) is 2.42. The summed E-state index contributed by atoms with van der Waals surface area (Å²) in [6, 6.07) is 0. The molecule has 1 aliphatic rings. The molecule has 1 aromatic rings. The third kappa shape index (κ3) is 1.77. The van der Waals surface area contributed by atoms with E-state index >= 15 is 0 Å². The molecule has 0 saturated carbocycles. The lowest BCUT2D eigenvalue weighted by molar-refractivity contribution is 0.316. The Hall–Kier alpha value is -1.36. The SMILES string of the molecule is C=CCN1CCc2nn(N)nc2CC1. The van der Waals surface area contributed by atoms with Crippen molar-refractivity contribution in [1.29, 1.82) is 0 Å². The van der Waals surface area contributed by atoms with Gasteiger partial charge in [-0.15, -0.1) is 16.8 Å². The van der Waals surface area contributed by atoms with E-state index in [0.717, 1.165) is 43.9 Å². The molecule has 2 heterocycles. The maximum atomic E-state index is 5.47. The summed E-state index contributed by atoms with van der Waals surface area (Å²) in [6.45, 7) is 6.70. The standard InChI is InChI=1S/C9H15N5/c1-2-5-13-6-3-8-9(4-7-13)12-14(10)11-8/h2H,1,3-7,10H2. The van der Waals surface area contributed by atoms with Gasteiger partial charge in [0.25, 0.3) is 0 Å². The first-order chi connectivity index (χ1) is 6.79. The quantitative estimate of drug-likeness (QED) is 0.512. The second kappa shape index (κ2) is 3.79. The van der Waals surface area contributed by atoms with Crippen LogP contribution in [0.5, 0.6) is 0 Å². The minimum Gasteiger partial charge on any atom is -0.306 e. The molecular weight excluding hydrogens is 178 g/mol. The summed E-state index contributed by atoms with van der Waals surface area (Å²) in [7, 11) is 0. The molecule has 0 unspecified atom stereocenters. The maximum Gasteiger partial charge on any atom is 0.0894 e. The van der Waals surface area contributed by atoms with Crippen molar-refractivity contribution in [3.63, 3.8) is 0 Å². The van der Waals surface area contributed by atoms with E-state index in [-0.39, 0.29) is 0 Å². The van der Waals surface area contributed by atoms with Gasteiger partial charge in [-0.3, -0.25) is 4.90 Å². The van der Waals surface area contributed by atoms with E-state index in [1.807, 2.05) is 6.08 Å². The molecule has 5 heteroatoms. The fraction of sp³-hybridized carbons (Fsp3) is 0.556. The lowest BCUT2D eigenvalue weighted by Gasteiger charge is -2.16. The summed E-state index contributed by atoms with van der Waals surface area (Å²) >= 11 is 0. The minimum absolute atomic E-state index is 0.931. The smallest absolute Gasteiger partial charge is 0.0894 e. The van der Waals surface area contributed by atoms with Crippen molar-refractivity contribution in [2.45, 2.75) is 12.8 Å². The number of nitrogens with two attached hydrogens (primary N) is 1. The van der Waals surface area contributed by atoms with Crippen LogP contribution in [0.25, 0.3) is 0 Å². The van der Waals surface area contributed by atoms with E-state index in [1.165, 1.54) is 4.91 Å². The Labute approximate surface area is 83.2 Å². The van der Waals surface area contributed by atoms with Gasteiger partial charge < -0.3 is 5.84 Å². The van der Waals surface area contributed by atoms with E-state index in [2.05, 4.69) is 21.7 Å². The van der Waals surface area contributed by atoms with Gasteiger partial charge in [-0.2, -0.15) is 0 Å². The predicted molar refractivity (Wildman–Crippen MR) is 54.2 cm³/mol. The molecule has 0 amide bonds. The minimum atomic E-state index is 0.931. The highest BCUT2D eigenvalue weighted by Crippen LogP contribution is 2.10. The van der Waals surface area contributed by atoms with Crippen molar-refractivity contribution < 1.29 is 0 Å². The molecular formula is C9H15N5. The van der Waals surface area contributed by atoms with Crippen LogP contribution in [0.2, 0.25) is 0 Å². The molecule has 14 heavy (non-hydrogen) atoms. The van der Waals surface area contributed by atoms with Gasteiger partial charge in [0.2, 0.25) is 0 Å². The van der Waals surface area contributed by atoms with Crippen LogP contribution in [0.3, 0.4) is 0 Å². The van der Waals surface area contributed by atoms with Crippen LogP contribution in [-0.2, 0) is 12.8 Å². The van der Waals surface area contributed by atoms with Gasteiger partial charge >= 0.3 is 0 Å². The Morgan fingerprint density at radius 2 is 1.86 bits per heavy atom. The number of fused-ring (bicyclic) bond motifs is 1. The largest absolute Gasteiger partial charge is 0.306 e. The normalized spacial score (nSPS) is 17.4. The van der Waals surface area contributed by atoms with Gasteiger partial charge in [0, 0.05) is 32.5 Å². The summed E-state index contributed by atoms with van der Waals surface area (Å²) < 4.78 is 0. The fourth-order valence-corrected chi connectivity index (χ4v) is 1.78. The topological polar surface area (TPSA) is 60.0 Å². The number of aromatic nitrogens is 3. The number of hydrogen-bond donors (Lipinski definition) is 1. The fourth-order valence-electron chi connectivity index (χ4n) is 1.78. The van der Waals surface area contributed by atoms with Gasteiger partial charge in [-0.05, 0) is 0 Å². The van der Waals surface area contributed by atoms with Gasteiger partial charge in [0.05, 0.1) is 11.4 Å². The van der Waals surface area contributed by atoms with E-state index in [1.54, 1.807) is 0 Å². The first-order valence-electron chi connectivity index (χ1n) is 4.83. The molecule has 0 bridgehead atoms. The van der Waals surface area contributed by atoms with Gasteiger partial charge in [-0.25, -0.2) is 0 Å². The highest BCUT2D eigenvalue weighted by Gasteiger charge is 2.16. The van der Waals surface area contributed by atoms with Crippen molar-refractivity contribution in [3.05, 3.63) is 24.0 Å². The van der Waals surface area contributed by atoms with Crippen LogP contribution >= 0.6 is 0 Å². The summed E-state index contributed by atoms with van der Waals surface area (Å²) in [6.07, 6.45) is 3.79. The zero-order valence-electron chi connectivity index (χ0n) is 8.19. The molecule has 0 saturated heterocycles. The summed E-state index contributed by atoms with van der Waals surface area (Å²) in [5.74, 6) is 5.47. The van der Waals surface area contributed by atoms with Gasteiger partial charge in [0.15, 0.2) is 0 Å². The van der Waals surface area contributed by atoms with E-state index in [9.17, 15) is 0 Å². The van der Waals surface area contributed by atoms with Crippen LogP contribution in [-0.4, -0.2) is 39.6 Å². The van der Waals surface area contributed by atoms with Crippen molar-refractivity contribution in [1.82, 2.24) is 20.0 Å². The maximum absolute atomic E-state index is 5.47. The Morgan fingerprint density at radius 1 is 1.29 bits per heavy atom. The highest BCUT2D eigenvalue weighted by atomic mass is 15.6. The van der Waals surface area contributed by atoms with Crippen LogP contribution in [0, 0.1) is 0 Å². The van der Waals surface area contributed by atoms with Gasteiger partial charge in [-0.1, -0.05) is 11.0 Å². The van der Waals surface area contributed by atoms with Crippen LogP contribution in [0.15, 0.2) is 12.7 Å². The predicted octanol–water partition coefficient (Wildman–Crippen LogP) is -0.421. The molecule has 0 atom stereocenters. The molecule has 2 N–H and O–H groups in total. The second-order valence-corrected chi connectivity index (χ2v) is 3.50. The summed E-state index contributed by atoms with van der Waals surface area (Å²) in [4.78, 5) is 3.52. The molecule has 1 aliphatic heterocycles. The van der Waals surface area contributed by atoms with Crippen molar-refractivity contribution >= 4 is 0 Å². The second-order valence-electron chi connectivity index (χ2n) is 3.50. The molecule has 76 valence electrons. The lowest BCUT2D eigenvalue weighted by atomic mass is 10.2. The van der Waals surface area contributed by atoms with E-state index < -0.39 is 0 Å². The first kappa shape index (κ1) is 9.21. The molecule has 2 rings (SSSR count). The number of nitrogen functional groups attached to an aromatic ring is 1. The van der Waals surface area contributed by atoms with Crippen molar-refractivity contribution in [2.75, 3.05) is 25.5 Å². The first-order valence-corrected chi connectivity index (χ1v) is 4.83. The summed E-state index contributed by atoms with van der Waals surface area (Å²) in [5, 5.41) is 8.27. The monoisotopic (exact) mass is 193 g/mol. The molecule has 0 aliphatic carbocycles. The number of hydrogen-bond acceptors (Lipinski definition) is 4. The third-order valence-corrected chi connectivity index (χ3v) is 2.50. The molecule has 0 radical (unpaired) electrons. The zero-order valence-corrected chi connectivity index (χ0v) is 8.19. The van der Waals surface area contributed by atoms with Crippen LogP contribution in [0.4, 0.5) is 0 Å². The van der Waals surface area contributed by atoms with Crippen molar-refractivity contribution in [2.24, 2.45) is 0 Å². The molecule has 5 nitrogen and oxygen atoms in total. The van der Waals surface area contributed by atoms with E-state index in [4.69, 9.17) is 5.84 Å². The number of nitrogens with zero attached hydrogens (tertiary/aromatic N) is 4. The number of rotatable bonds is 2. The van der Waals surface area contributed by atoms with Gasteiger partial charge in [0.1, 0.15) is 0 Å². The lowest BCUT2D eigenvalue weighted by Crippen LogP contribution is -2.27.